The SMILES string of the molecule is CC(CO)CNC(=O)c1cncc2ccccc12. The Hall–Kier alpha value is -1.94. The molecular formula is C14H16N2O2. The minimum atomic E-state index is -0.153. The van der Waals surface area contributed by atoms with Crippen molar-refractivity contribution in [1.82, 2.24) is 10.3 Å². The predicted molar refractivity (Wildman–Crippen MR) is 70.3 cm³/mol. The summed E-state index contributed by atoms with van der Waals surface area (Å²) in [5.74, 6) is -0.100. The van der Waals surface area contributed by atoms with E-state index in [1.165, 1.54) is 0 Å². The maximum absolute atomic E-state index is 12.0. The number of benzene rings is 1. The molecular weight excluding hydrogens is 228 g/mol. The molecule has 1 atom stereocenters. The number of aliphatic hydroxyl groups is 1. The van der Waals surface area contributed by atoms with Crippen LogP contribution in [0, 0.1) is 5.92 Å². The third-order valence-electron chi connectivity index (χ3n) is 2.84. The largest absolute Gasteiger partial charge is 0.396 e. The summed E-state index contributed by atoms with van der Waals surface area (Å²) >= 11 is 0. The van der Waals surface area contributed by atoms with Crippen LogP contribution < -0.4 is 5.32 Å². The molecule has 1 aromatic heterocycles. The van der Waals surface area contributed by atoms with Gasteiger partial charge >= 0.3 is 0 Å². The van der Waals surface area contributed by atoms with E-state index in [1.54, 1.807) is 12.4 Å². The third-order valence-corrected chi connectivity index (χ3v) is 2.84. The fourth-order valence-electron chi connectivity index (χ4n) is 1.72. The number of amides is 1. The molecule has 0 saturated carbocycles. The van der Waals surface area contributed by atoms with Gasteiger partial charge in [-0.1, -0.05) is 31.2 Å². The monoisotopic (exact) mass is 244 g/mol. The maximum atomic E-state index is 12.0. The number of hydrogen-bond acceptors (Lipinski definition) is 3. The van der Waals surface area contributed by atoms with Gasteiger partial charge in [0.15, 0.2) is 0 Å². The van der Waals surface area contributed by atoms with Gasteiger partial charge in [-0.25, -0.2) is 0 Å². The van der Waals surface area contributed by atoms with Crippen molar-refractivity contribution in [1.29, 1.82) is 0 Å². The summed E-state index contributed by atoms with van der Waals surface area (Å²) < 4.78 is 0. The van der Waals surface area contributed by atoms with Crippen LogP contribution in [0.15, 0.2) is 36.7 Å². The number of aromatic nitrogens is 1. The van der Waals surface area contributed by atoms with Crippen LogP contribution in [0.2, 0.25) is 0 Å². The summed E-state index contributed by atoms with van der Waals surface area (Å²) in [4.78, 5) is 16.1. The summed E-state index contributed by atoms with van der Waals surface area (Å²) in [5, 5.41) is 13.6. The summed E-state index contributed by atoms with van der Waals surface area (Å²) in [5.41, 5.74) is 0.568. The number of carbonyl (C=O) groups is 1. The van der Waals surface area contributed by atoms with Crippen molar-refractivity contribution in [2.45, 2.75) is 6.92 Å². The lowest BCUT2D eigenvalue weighted by Crippen LogP contribution is -2.29. The maximum Gasteiger partial charge on any atom is 0.253 e. The van der Waals surface area contributed by atoms with Crippen LogP contribution in [0.25, 0.3) is 10.8 Å². The molecule has 0 radical (unpaired) electrons. The predicted octanol–water partition coefficient (Wildman–Crippen LogP) is 1.59. The lowest BCUT2D eigenvalue weighted by Gasteiger charge is -2.10. The van der Waals surface area contributed by atoms with E-state index in [9.17, 15) is 4.79 Å². The van der Waals surface area contributed by atoms with Gasteiger partial charge in [0.1, 0.15) is 0 Å². The molecule has 0 saturated heterocycles. The van der Waals surface area contributed by atoms with Gasteiger partial charge in [0.25, 0.3) is 5.91 Å². The summed E-state index contributed by atoms with van der Waals surface area (Å²) in [6, 6.07) is 7.64. The highest BCUT2D eigenvalue weighted by atomic mass is 16.3. The second-order valence-corrected chi connectivity index (χ2v) is 4.41. The van der Waals surface area contributed by atoms with Crippen molar-refractivity contribution in [3.63, 3.8) is 0 Å². The smallest absolute Gasteiger partial charge is 0.253 e. The second-order valence-electron chi connectivity index (χ2n) is 4.41. The van der Waals surface area contributed by atoms with Crippen LogP contribution in [-0.2, 0) is 0 Å². The summed E-state index contributed by atoms with van der Waals surface area (Å²) in [6.45, 7) is 2.40. The molecule has 4 nitrogen and oxygen atoms in total. The number of nitrogens with zero attached hydrogens (tertiary/aromatic N) is 1. The summed E-state index contributed by atoms with van der Waals surface area (Å²) in [6.07, 6.45) is 3.31. The van der Waals surface area contributed by atoms with E-state index in [4.69, 9.17) is 5.11 Å². The molecule has 2 rings (SSSR count). The molecule has 0 aliphatic heterocycles. The Kier molecular flexibility index (Phi) is 3.89. The van der Waals surface area contributed by atoms with Crippen LogP contribution in [0.1, 0.15) is 17.3 Å². The highest BCUT2D eigenvalue weighted by molar-refractivity contribution is 6.06. The average Bonchev–Trinajstić information content (AvgIpc) is 2.43. The zero-order valence-corrected chi connectivity index (χ0v) is 10.3. The Morgan fingerprint density at radius 1 is 1.39 bits per heavy atom. The first-order chi connectivity index (χ1) is 8.72. The van der Waals surface area contributed by atoms with Crippen LogP contribution in [0.4, 0.5) is 0 Å². The van der Waals surface area contributed by atoms with E-state index in [0.29, 0.717) is 12.1 Å². The molecule has 0 aliphatic carbocycles. The molecule has 1 aromatic carbocycles. The fraction of sp³-hybridized carbons (Fsp3) is 0.286. The van der Waals surface area contributed by atoms with Crippen molar-refractivity contribution in [3.8, 4) is 0 Å². The first-order valence-corrected chi connectivity index (χ1v) is 5.94. The number of aliphatic hydroxyl groups excluding tert-OH is 1. The lowest BCUT2D eigenvalue weighted by atomic mass is 10.1. The minimum Gasteiger partial charge on any atom is -0.396 e. The molecule has 0 fully saturated rings. The Labute approximate surface area is 106 Å². The molecule has 1 unspecified atom stereocenters. The minimum absolute atomic E-state index is 0.0527. The van der Waals surface area contributed by atoms with E-state index in [1.807, 2.05) is 31.2 Å². The van der Waals surface area contributed by atoms with E-state index >= 15 is 0 Å². The number of pyridine rings is 1. The van der Waals surface area contributed by atoms with E-state index in [2.05, 4.69) is 10.3 Å². The Morgan fingerprint density at radius 3 is 2.94 bits per heavy atom. The van der Waals surface area contributed by atoms with Gasteiger partial charge in [-0.05, 0) is 11.3 Å². The highest BCUT2D eigenvalue weighted by Gasteiger charge is 2.10. The number of rotatable bonds is 4. The van der Waals surface area contributed by atoms with Gasteiger partial charge in [0, 0.05) is 30.9 Å². The molecule has 4 heteroatoms. The van der Waals surface area contributed by atoms with E-state index in [0.717, 1.165) is 10.8 Å². The zero-order chi connectivity index (χ0) is 13.0. The quantitative estimate of drug-likeness (QED) is 0.858. The fourth-order valence-corrected chi connectivity index (χ4v) is 1.72. The highest BCUT2D eigenvalue weighted by Crippen LogP contribution is 2.16. The van der Waals surface area contributed by atoms with Crippen molar-refractivity contribution in [2.75, 3.05) is 13.2 Å². The second kappa shape index (κ2) is 5.60. The van der Waals surface area contributed by atoms with Crippen molar-refractivity contribution in [2.24, 2.45) is 5.92 Å². The number of hydrogen-bond donors (Lipinski definition) is 2. The zero-order valence-electron chi connectivity index (χ0n) is 10.3. The van der Waals surface area contributed by atoms with Gasteiger partial charge in [-0.3, -0.25) is 9.78 Å². The summed E-state index contributed by atoms with van der Waals surface area (Å²) in [7, 11) is 0. The lowest BCUT2D eigenvalue weighted by molar-refractivity contribution is 0.0943. The van der Waals surface area contributed by atoms with Crippen LogP contribution in [0.5, 0.6) is 0 Å². The standard InChI is InChI=1S/C14H16N2O2/c1-10(9-17)6-16-14(18)13-8-15-7-11-4-2-3-5-12(11)13/h2-5,7-8,10,17H,6,9H2,1H3,(H,16,18). The van der Waals surface area contributed by atoms with Crippen LogP contribution in [0.3, 0.4) is 0 Å². The van der Waals surface area contributed by atoms with Crippen molar-refractivity contribution >= 4 is 16.7 Å². The first kappa shape index (κ1) is 12.5. The Bertz CT molecular complexity index is 549. The molecule has 1 heterocycles. The van der Waals surface area contributed by atoms with Crippen molar-refractivity contribution < 1.29 is 9.90 Å². The average molecular weight is 244 g/mol. The molecule has 18 heavy (non-hydrogen) atoms. The molecule has 0 spiro atoms. The number of nitrogens with one attached hydrogen (secondary N) is 1. The topological polar surface area (TPSA) is 62.2 Å². The first-order valence-electron chi connectivity index (χ1n) is 5.94. The van der Waals surface area contributed by atoms with Crippen molar-refractivity contribution in [3.05, 3.63) is 42.2 Å². The Morgan fingerprint density at radius 2 is 2.17 bits per heavy atom. The molecule has 2 N–H and O–H groups in total. The van der Waals surface area contributed by atoms with E-state index in [-0.39, 0.29) is 18.4 Å². The molecule has 0 aliphatic rings. The third kappa shape index (κ3) is 2.65. The number of fused-ring (bicyclic) bond motifs is 1. The normalized spacial score (nSPS) is 12.3. The van der Waals surface area contributed by atoms with Gasteiger partial charge in [0.2, 0.25) is 0 Å². The Balaban J connectivity index is 2.22. The molecule has 1 amide bonds. The van der Waals surface area contributed by atoms with Gasteiger partial charge in [0.05, 0.1) is 5.56 Å². The van der Waals surface area contributed by atoms with Gasteiger partial charge in [-0.2, -0.15) is 0 Å². The number of carbonyl (C=O) groups excluding carboxylic acids is 1. The van der Waals surface area contributed by atoms with Crippen LogP contribution >= 0.6 is 0 Å². The van der Waals surface area contributed by atoms with E-state index < -0.39 is 0 Å². The molecule has 2 aromatic rings. The molecule has 94 valence electrons. The van der Waals surface area contributed by atoms with Gasteiger partial charge in [-0.15, -0.1) is 0 Å². The van der Waals surface area contributed by atoms with Crippen LogP contribution in [-0.4, -0.2) is 29.1 Å². The molecule has 0 bridgehead atoms. The van der Waals surface area contributed by atoms with Gasteiger partial charge < -0.3 is 10.4 Å².